The second-order valence-electron chi connectivity index (χ2n) is 8.24. The minimum atomic E-state index is -4.56. The van der Waals surface area contributed by atoms with E-state index >= 15 is 0 Å². The van der Waals surface area contributed by atoms with E-state index in [4.69, 9.17) is 0 Å². The van der Waals surface area contributed by atoms with E-state index in [0.717, 1.165) is 12.5 Å². The van der Waals surface area contributed by atoms with Gasteiger partial charge in [-0.1, -0.05) is 6.92 Å². The molecule has 0 saturated carbocycles. The normalized spacial score (nSPS) is 18.4. The number of nitrogens with one attached hydrogen (secondary N) is 1. The monoisotopic (exact) mass is 492 g/mol. The van der Waals surface area contributed by atoms with Gasteiger partial charge in [-0.15, -0.1) is 0 Å². The van der Waals surface area contributed by atoms with E-state index in [1.165, 1.54) is 23.4 Å². The van der Waals surface area contributed by atoms with Gasteiger partial charge < -0.3 is 10.2 Å². The second kappa shape index (κ2) is 9.88. The number of hydrogen-bond donors (Lipinski definition) is 1. The molecule has 1 aromatic carbocycles. The third-order valence-electron chi connectivity index (χ3n) is 5.90. The van der Waals surface area contributed by atoms with Crippen LogP contribution in [0.15, 0.2) is 43.0 Å². The molecule has 3 aromatic rings. The highest BCUT2D eigenvalue weighted by molar-refractivity contribution is 6.00. The molecule has 1 amide bonds. The number of likely N-dealkylation sites (tertiary alicyclic amines) is 1. The van der Waals surface area contributed by atoms with E-state index < -0.39 is 35.3 Å². The summed E-state index contributed by atoms with van der Waals surface area (Å²) in [5, 5.41) is 2.87. The van der Waals surface area contributed by atoms with Gasteiger partial charge in [-0.2, -0.15) is 13.2 Å². The van der Waals surface area contributed by atoms with Crippen LogP contribution in [-0.4, -0.2) is 49.9 Å². The highest BCUT2D eigenvalue weighted by atomic mass is 19.4. The first-order valence-electron chi connectivity index (χ1n) is 10.9. The van der Waals surface area contributed by atoms with Crippen LogP contribution in [0, 0.1) is 17.6 Å². The van der Waals surface area contributed by atoms with Crippen molar-refractivity contribution in [2.75, 3.05) is 18.4 Å². The molecule has 3 heterocycles. The summed E-state index contributed by atoms with van der Waals surface area (Å²) in [6.45, 7) is 2.36. The topological polar surface area (TPSA) is 83.9 Å². The van der Waals surface area contributed by atoms with Crippen LogP contribution in [-0.2, 0) is 6.18 Å². The van der Waals surface area contributed by atoms with Crippen molar-refractivity contribution in [1.82, 2.24) is 24.8 Å². The smallest absolute Gasteiger partial charge is 0.352 e. The molecule has 0 spiro atoms. The Bertz CT molecular complexity index is 1190. The fourth-order valence-electron chi connectivity index (χ4n) is 4.12. The first kappa shape index (κ1) is 24.4. The van der Waals surface area contributed by atoms with Gasteiger partial charge in [-0.25, -0.2) is 28.7 Å². The molecule has 1 aliphatic heterocycles. The van der Waals surface area contributed by atoms with E-state index in [1.54, 1.807) is 0 Å². The van der Waals surface area contributed by atoms with E-state index in [0.29, 0.717) is 31.4 Å². The molecule has 0 radical (unpaired) electrons. The number of nitrogens with zero attached hydrogens (tertiary/aromatic N) is 5. The molecule has 184 valence electrons. The number of alkyl halides is 3. The molecule has 0 aliphatic carbocycles. The van der Waals surface area contributed by atoms with Gasteiger partial charge in [-0.05, 0) is 30.9 Å². The largest absolute Gasteiger partial charge is 0.419 e. The van der Waals surface area contributed by atoms with Crippen LogP contribution >= 0.6 is 0 Å². The molecule has 1 unspecified atom stereocenters. The van der Waals surface area contributed by atoms with Crippen LogP contribution in [0.5, 0.6) is 0 Å². The maximum absolute atomic E-state index is 14.9. The van der Waals surface area contributed by atoms with Gasteiger partial charge in [0.05, 0.1) is 17.2 Å². The zero-order valence-electron chi connectivity index (χ0n) is 18.6. The summed E-state index contributed by atoms with van der Waals surface area (Å²) >= 11 is 0. The molecule has 1 saturated heterocycles. The summed E-state index contributed by atoms with van der Waals surface area (Å²) < 4.78 is 67.2. The molecular weight excluding hydrogens is 471 g/mol. The third kappa shape index (κ3) is 5.36. The predicted molar refractivity (Wildman–Crippen MR) is 116 cm³/mol. The Labute approximate surface area is 197 Å². The summed E-state index contributed by atoms with van der Waals surface area (Å²) in [4.78, 5) is 30.5. The van der Waals surface area contributed by atoms with E-state index in [9.17, 15) is 26.7 Å². The first-order valence-corrected chi connectivity index (χ1v) is 10.9. The zero-order chi connectivity index (χ0) is 25.2. The van der Waals surface area contributed by atoms with Crippen LogP contribution in [0.1, 0.15) is 35.7 Å². The standard InChI is InChI=1S/C23H21F5N6O/c1-13-4-2-7-34(18(13)12-33-22-31-10-14(11-32-22)23(26,27)28)21(35)19-16(8-15(24)9-17(19)25)20-29-5-3-6-30-20/h3,5-6,8-11,13,18H,2,4,7,12H2,1H3,(H,31,32,33)/t13-,18?/m1/s1. The Hall–Kier alpha value is -3.70. The zero-order valence-corrected chi connectivity index (χ0v) is 18.6. The SMILES string of the molecule is C[C@@H]1CCCN(C(=O)c2c(F)cc(F)cc2-c2ncccn2)C1CNc1ncc(C(F)(F)F)cn1. The number of carbonyl (C=O) groups is 1. The number of halogens is 5. The molecule has 2 atom stereocenters. The molecule has 35 heavy (non-hydrogen) atoms. The molecular formula is C23H21F5N6O. The van der Waals surface area contributed by atoms with Gasteiger partial charge in [0.1, 0.15) is 11.6 Å². The first-order chi connectivity index (χ1) is 16.6. The summed E-state index contributed by atoms with van der Waals surface area (Å²) in [6, 6.07) is 2.74. The Morgan fingerprint density at radius 1 is 1.11 bits per heavy atom. The minimum Gasteiger partial charge on any atom is -0.352 e. The van der Waals surface area contributed by atoms with Gasteiger partial charge in [-0.3, -0.25) is 4.79 Å². The number of aromatic nitrogens is 4. The number of piperidine rings is 1. The number of amides is 1. The van der Waals surface area contributed by atoms with E-state index in [2.05, 4.69) is 25.3 Å². The Morgan fingerprint density at radius 2 is 1.80 bits per heavy atom. The van der Waals surface area contributed by atoms with Crippen molar-refractivity contribution in [3.05, 3.63) is 65.7 Å². The van der Waals surface area contributed by atoms with Gasteiger partial charge in [0.25, 0.3) is 5.91 Å². The van der Waals surface area contributed by atoms with Gasteiger partial charge in [0, 0.05) is 49.5 Å². The minimum absolute atomic E-state index is 0.00661. The maximum atomic E-state index is 14.9. The summed E-state index contributed by atoms with van der Waals surface area (Å²) in [5.41, 5.74) is -1.39. The van der Waals surface area contributed by atoms with Crippen molar-refractivity contribution in [2.45, 2.75) is 32.0 Å². The van der Waals surface area contributed by atoms with Crippen LogP contribution < -0.4 is 5.32 Å². The van der Waals surface area contributed by atoms with Crippen LogP contribution in [0.2, 0.25) is 0 Å². The van der Waals surface area contributed by atoms with Gasteiger partial charge in [0.2, 0.25) is 5.95 Å². The van der Waals surface area contributed by atoms with Crippen molar-refractivity contribution in [1.29, 1.82) is 0 Å². The van der Waals surface area contributed by atoms with Gasteiger partial charge >= 0.3 is 6.18 Å². The van der Waals surface area contributed by atoms with Crippen LogP contribution in [0.3, 0.4) is 0 Å². The van der Waals surface area contributed by atoms with Crippen LogP contribution in [0.25, 0.3) is 11.4 Å². The Kier molecular flexibility index (Phi) is 6.90. The molecule has 12 heteroatoms. The van der Waals surface area contributed by atoms with Gasteiger partial charge in [0.15, 0.2) is 5.82 Å². The lowest BCUT2D eigenvalue weighted by atomic mass is 9.89. The predicted octanol–water partition coefficient (Wildman–Crippen LogP) is 4.58. The third-order valence-corrected chi connectivity index (χ3v) is 5.90. The molecule has 7 nitrogen and oxygen atoms in total. The highest BCUT2D eigenvalue weighted by Crippen LogP contribution is 2.31. The quantitative estimate of drug-likeness (QED) is 0.525. The van der Waals surface area contributed by atoms with E-state index in [1.807, 2.05) is 6.92 Å². The summed E-state index contributed by atoms with van der Waals surface area (Å²) in [6.07, 6.45) is 1.03. The second-order valence-corrected chi connectivity index (χ2v) is 8.24. The number of rotatable bonds is 5. The van der Waals surface area contributed by atoms with E-state index in [-0.39, 0.29) is 35.4 Å². The van der Waals surface area contributed by atoms with Crippen molar-refractivity contribution in [3.63, 3.8) is 0 Å². The summed E-state index contributed by atoms with van der Waals surface area (Å²) in [7, 11) is 0. The number of hydrogen-bond acceptors (Lipinski definition) is 6. The lowest BCUT2D eigenvalue weighted by molar-refractivity contribution is -0.138. The maximum Gasteiger partial charge on any atom is 0.419 e. The number of carbonyl (C=O) groups excluding carboxylic acids is 1. The molecule has 0 bridgehead atoms. The molecule has 4 rings (SSSR count). The Morgan fingerprint density at radius 3 is 2.46 bits per heavy atom. The fourth-order valence-corrected chi connectivity index (χ4v) is 4.12. The fraction of sp³-hybridized carbons (Fsp3) is 0.348. The van der Waals surface area contributed by atoms with Crippen LogP contribution in [0.4, 0.5) is 27.9 Å². The average Bonchev–Trinajstić information content (AvgIpc) is 2.82. The number of anilines is 1. The molecule has 1 aliphatic rings. The summed E-state index contributed by atoms with van der Waals surface area (Å²) in [5.74, 6) is -2.60. The van der Waals surface area contributed by atoms with Crippen molar-refractivity contribution in [3.8, 4) is 11.4 Å². The van der Waals surface area contributed by atoms with Crippen molar-refractivity contribution in [2.24, 2.45) is 5.92 Å². The lowest BCUT2D eigenvalue weighted by Gasteiger charge is -2.40. The average molecular weight is 492 g/mol. The van der Waals surface area contributed by atoms with Crippen molar-refractivity contribution >= 4 is 11.9 Å². The molecule has 1 N–H and O–H groups in total. The highest BCUT2D eigenvalue weighted by Gasteiger charge is 2.35. The van der Waals surface area contributed by atoms with Crippen molar-refractivity contribution < 1.29 is 26.7 Å². The number of benzene rings is 1. The molecule has 2 aromatic heterocycles. The lowest BCUT2D eigenvalue weighted by Crippen LogP contribution is -2.51. The molecule has 1 fully saturated rings. The Balaban J connectivity index is 1.60.